The van der Waals surface area contributed by atoms with Crippen LogP contribution in [0.2, 0.25) is 0 Å². The fourth-order valence-electron chi connectivity index (χ4n) is 4.76. The molecule has 3 heterocycles. The number of pyridine rings is 1. The number of rotatable bonds is 5. The van der Waals surface area contributed by atoms with Crippen LogP contribution in [0.5, 0.6) is 5.75 Å². The maximum absolute atomic E-state index is 12.5. The van der Waals surface area contributed by atoms with E-state index in [1.54, 1.807) is 12.4 Å². The lowest BCUT2D eigenvalue weighted by molar-refractivity contribution is -0.122. The van der Waals surface area contributed by atoms with Crippen molar-refractivity contribution in [3.05, 3.63) is 24.5 Å². The number of nitrogens with one attached hydrogen (secondary N) is 1. The molecule has 0 bridgehead atoms. The van der Waals surface area contributed by atoms with E-state index in [9.17, 15) is 4.79 Å². The molecular formula is C22H34N4O4. The molecule has 2 N–H and O–H groups in total. The molecule has 166 valence electrons. The number of piperidine rings is 1. The second-order valence-electron chi connectivity index (χ2n) is 8.37. The molecule has 2 amide bonds. The monoisotopic (exact) mass is 418 g/mol. The number of amides is 2. The van der Waals surface area contributed by atoms with Crippen LogP contribution in [-0.2, 0) is 4.79 Å². The highest BCUT2D eigenvalue weighted by molar-refractivity contribution is 5.74. The van der Waals surface area contributed by atoms with Gasteiger partial charge in [-0.05, 0) is 43.9 Å². The maximum atomic E-state index is 12.5. The highest BCUT2D eigenvalue weighted by Crippen LogP contribution is 2.28. The van der Waals surface area contributed by atoms with Crippen molar-refractivity contribution >= 4 is 12.5 Å². The molecule has 8 nitrogen and oxygen atoms in total. The number of hydrogen-bond donors (Lipinski definition) is 2. The van der Waals surface area contributed by atoms with E-state index in [1.807, 2.05) is 17.0 Å². The first kappa shape index (κ1) is 22.3. The molecule has 0 radical (unpaired) electrons. The lowest BCUT2D eigenvalue weighted by Gasteiger charge is -2.32. The van der Waals surface area contributed by atoms with Crippen molar-refractivity contribution in [2.45, 2.75) is 57.1 Å². The zero-order valence-electron chi connectivity index (χ0n) is 17.6. The minimum Gasteiger partial charge on any atom is -0.489 e. The molecule has 0 aromatic carbocycles. The van der Waals surface area contributed by atoms with Gasteiger partial charge >= 0.3 is 6.03 Å². The van der Waals surface area contributed by atoms with Gasteiger partial charge < -0.3 is 25.0 Å². The van der Waals surface area contributed by atoms with Gasteiger partial charge in [0.05, 0.1) is 6.20 Å². The van der Waals surface area contributed by atoms with Crippen molar-refractivity contribution in [1.82, 2.24) is 20.1 Å². The minimum absolute atomic E-state index is 0.0918. The van der Waals surface area contributed by atoms with E-state index in [2.05, 4.69) is 15.2 Å². The zero-order chi connectivity index (χ0) is 21.2. The van der Waals surface area contributed by atoms with E-state index in [0.717, 1.165) is 50.8 Å². The summed E-state index contributed by atoms with van der Waals surface area (Å²) in [5.41, 5.74) is 0. The van der Waals surface area contributed by atoms with Gasteiger partial charge in [-0.1, -0.05) is 12.8 Å². The first-order valence-electron chi connectivity index (χ1n) is 11.1. The Balaban J connectivity index is 0.000000806. The third-order valence-electron chi connectivity index (χ3n) is 6.37. The Labute approximate surface area is 178 Å². The Morgan fingerprint density at radius 1 is 1.20 bits per heavy atom. The number of ether oxygens (including phenoxy) is 1. The molecule has 0 spiro atoms. The quantitative estimate of drug-likeness (QED) is 0.714. The summed E-state index contributed by atoms with van der Waals surface area (Å²) in [5, 5.41) is 10.1. The lowest BCUT2D eigenvalue weighted by Crippen LogP contribution is -2.47. The van der Waals surface area contributed by atoms with Gasteiger partial charge in [0.25, 0.3) is 6.47 Å². The second kappa shape index (κ2) is 11.7. The molecule has 3 fully saturated rings. The molecule has 1 unspecified atom stereocenters. The topological polar surface area (TPSA) is 95.0 Å². The second-order valence-corrected chi connectivity index (χ2v) is 8.37. The normalized spacial score (nSPS) is 22.9. The van der Waals surface area contributed by atoms with Crippen LogP contribution < -0.4 is 10.1 Å². The van der Waals surface area contributed by atoms with Crippen LogP contribution in [0, 0.1) is 5.92 Å². The number of aromatic nitrogens is 1. The van der Waals surface area contributed by atoms with Gasteiger partial charge in [-0.25, -0.2) is 4.79 Å². The number of nitrogens with zero attached hydrogens (tertiary/aromatic N) is 3. The Morgan fingerprint density at radius 2 is 1.93 bits per heavy atom. The predicted octanol–water partition coefficient (Wildman–Crippen LogP) is 2.60. The van der Waals surface area contributed by atoms with E-state index >= 15 is 0 Å². The number of carbonyl (C=O) groups excluding carboxylic acids is 1. The highest BCUT2D eigenvalue weighted by atomic mass is 16.5. The SMILES string of the molecule is O=C(NCC1CCN(C2CCCC2)C1)N1CCC(Oc2cccnc2)CC1.O=CO. The number of likely N-dealkylation sites (tertiary alicyclic amines) is 2. The number of urea groups is 1. The van der Waals surface area contributed by atoms with Gasteiger partial charge in [0, 0.05) is 51.3 Å². The van der Waals surface area contributed by atoms with Crippen LogP contribution in [0.25, 0.3) is 0 Å². The number of hydrogen-bond acceptors (Lipinski definition) is 5. The first-order chi connectivity index (χ1) is 14.7. The third kappa shape index (κ3) is 6.58. The smallest absolute Gasteiger partial charge is 0.317 e. The Morgan fingerprint density at radius 3 is 2.60 bits per heavy atom. The Bertz CT molecular complexity index is 646. The van der Waals surface area contributed by atoms with Crippen molar-refractivity contribution in [2.24, 2.45) is 5.92 Å². The number of carboxylic acid groups (broad SMARTS) is 1. The molecule has 1 aromatic heterocycles. The Hall–Kier alpha value is -2.35. The van der Waals surface area contributed by atoms with E-state index in [-0.39, 0.29) is 18.6 Å². The first-order valence-corrected chi connectivity index (χ1v) is 11.1. The average molecular weight is 419 g/mol. The molecule has 1 saturated carbocycles. The van der Waals surface area contributed by atoms with Crippen LogP contribution >= 0.6 is 0 Å². The van der Waals surface area contributed by atoms with Gasteiger partial charge in [-0.15, -0.1) is 0 Å². The third-order valence-corrected chi connectivity index (χ3v) is 6.37. The van der Waals surface area contributed by atoms with Crippen LogP contribution in [0.15, 0.2) is 24.5 Å². The van der Waals surface area contributed by atoms with Gasteiger partial charge in [-0.2, -0.15) is 0 Å². The van der Waals surface area contributed by atoms with Crippen LogP contribution in [0.4, 0.5) is 4.79 Å². The Kier molecular flexibility index (Phi) is 8.74. The molecule has 1 aliphatic carbocycles. The summed E-state index contributed by atoms with van der Waals surface area (Å²) in [6.45, 7) is 4.45. The standard InChI is InChI=1S/C21H32N4O2.CH2O2/c26-21(23-14-17-7-11-25(16-17)18-4-1-2-5-18)24-12-8-19(9-13-24)27-20-6-3-10-22-15-20;2-1-3/h3,6,10,15,17-19H,1-2,4-5,7-9,11-14,16H2,(H,23,26);1H,(H,2,3). The molecule has 2 aliphatic heterocycles. The molecule has 1 atom stereocenters. The fraction of sp³-hybridized carbons (Fsp3) is 0.682. The van der Waals surface area contributed by atoms with Crippen molar-refractivity contribution in [3.63, 3.8) is 0 Å². The van der Waals surface area contributed by atoms with Crippen LogP contribution in [0.1, 0.15) is 44.9 Å². The summed E-state index contributed by atoms with van der Waals surface area (Å²) >= 11 is 0. The average Bonchev–Trinajstić information content (AvgIpc) is 3.46. The van der Waals surface area contributed by atoms with E-state index in [1.165, 1.54) is 38.6 Å². The van der Waals surface area contributed by atoms with Crippen molar-refractivity contribution in [3.8, 4) is 5.75 Å². The molecule has 1 aromatic rings. The summed E-state index contributed by atoms with van der Waals surface area (Å²) < 4.78 is 5.96. The summed E-state index contributed by atoms with van der Waals surface area (Å²) in [7, 11) is 0. The van der Waals surface area contributed by atoms with E-state index < -0.39 is 0 Å². The van der Waals surface area contributed by atoms with Crippen LogP contribution in [0.3, 0.4) is 0 Å². The highest BCUT2D eigenvalue weighted by Gasteiger charge is 2.30. The van der Waals surface area contributed by atoms with Gasteiger partial charge in [0.1, 0.15) is 11.9 Å². The van der Waals surface area contributed by atoms with Crippen molar-refractivity contribution < 1.29 is 19.4 Å². The van der Waals surface area contributed by atoms with Crippen LogP contribution in [-0.4, -0.2) is 77.3 Å². The van der Waals surface area contributed by atoms with Crippen molar-refractivity contribution in [1.29, 1.82) is 0 Å². The minimum atomic E-state index is -0.250. The molecule has 2 saturated heterocycles. The zero-order valence-corrected chi connectivity index (χ0v) is 17.6. The van der Waals surface area contributed by atoms with E-state index in [4.69, 9.17) is 14.6 Å². The van der Waals surface area contributed by atoms with E-state index in [0.29, 0.717) is 5.92 Å². The predicted molar refractivity (Wildman–Crippen MR) is 113 cm³/mol. The molecule has 3 aliphatic rings. The summed E-state index contributed by atoms with van der Waals surface area (Å²) in [6.07, 6.45) is 12.2. The lowest BCUT2D eigenvalue weighted by atomic mass is 10.1. The molecule has 30 heavy (non-hydrogen) atoms. The summed E-state index contributed by atoms with van der Waals surface area (Å²) in [4.78, 5) is 29.5. The summed E-state index contributed by atoms with van der Waals surface area (Å²) in [6, 6.07) is 4.72. The summed E-state index contributed by atoms with van der Waals surface area (Å²) in [5.74, 6) is 1.43. The molecule has 8 heteroatoms. The molecular weight excluding hydrogens is 384 g/mol. The molecule has 4 rings (SSSR count). The maximum Gasteiger partial charge on any atom is 0.317 e. The van der Waals surface area contributed by atoms with Gasteiger partial charge in [0.15, 0.2) is 0 Å². The fourth-order valence-corrected chi connectivity index (χ4v) is 4.76. The van der Waals surface area contributed by atoms with Gasteiger partial charge in [-0.3, -0.25) is 9.78 Å². The largest absolute Gasteiger partial charge is 0.489 e. The van der Waals surface area contributed by atoms with Gasteiger partial charge in [0.2, 0.25) is 0 Å². The number of carbonyl (C=O) groups is 2. The van der Waals surface area contributed by atoms with Crippen molar-refractivity contribution in [2.75, 3.05) is 32.7 Å².